The molecule has 0 saturated carbocycles. The van der Waals surface area contributed by atoms with Crippen LogP contribution in [0.3, 0.4) is 0 Å². The number of hydrogen-bond donors (Lipinski definition) is 2. The maximum atomic E-state index is 12.2. The molecule has 2 N–H and O–H groups in total. The Morgan fingerprint density at radius 1 is 1.00 bits per heavy atom. The third kappa shape index (κ3) is 8.24. The van der Waals surface area contributed by atoms with Gasteiger partial charge >= 0.3 is 0 Å². The molecule has 3 rings (SSSR count). The molecule has 0 radical (unpaired) electrons. The molecule has 0 saturated heterocycles. The van der Waals surface area contributed by atoms with E-state index in [1.165, 1.54) is 11.8 Å². The maximum Gasteiger partial charge on any atom is 0.258 e. The van der Waals surface area contributed by atoms with E-state index >= 15 is 0 Å². The molecular weight excluding hydrogens is 470 g/mol. The summed E-state index contributed by atoms with van der Waals surface area (Å²) >= 11 is 7.31. The van der Waals surface area contributed by atoms with Crippen LogP contribution in [0.25, 0.3) is 0 Å². The number of halogens is 1. The molecule has 0 aliphatic rings. The van der Waals surface area contributed by atoms with Crippen molar-refractivity contribution in [1.82, 2.24) is 10.7 Å². The lowest BCUT2D eigenvalue weighted by Gasteiger charge is -2.14. The van der Waals surface area contributed by atoms with Gasteiger partial charge in [-0.3, -0.25) is 9.59 Å². The summed E-state index contributed by atoms with van der Waals surface area (Å²) < 4.78 is 5.56. The highest BCUT2D eigenvalue weighted by molar-refractivity contribution is 8.00. The van der Waals surface area contributed by atoms with Crippen LogP contribution in [0.4, 0.5) is 0 Å². The van der Waals surface area contributed by atoms with Crippen molar-refractivity contribution < 1.29 is 14.3 Å². The first-order valence-electron chi connectivity index (χ1n) is 10.7. The van der Waals surface area contributed by atoms with Crippen LogP contribution in [0.15, 0.2) is 88.9 Å². The summed E-state index contributed by atoms with van der Waals surface area (Å²) in [5, 5.41) is 7.27. The fourth-order valence-electron chi connectivity index (χ4n) is 2.94. The van der Waals surface area contributed by atoms with Crippen molar-refractivity contribution in [3.05, 3.63) is 95.0 Å². The van der Waals surface area contributed by atoms with Gasteiger partial charge in [-0.25, -0.2) is 5.43 Å². The van der Waals surface area contributed by atoms with Gasteiger partial charge in [0.25, 0.3) is 11.8 Å². The highest BCUT2D eigenvalue weighted by Crippen LogP contribution is 2.24. The highest BCUT2D eigenvalue weighted by Gasteiger charge is 2.13. The second-order valence-electron chi connectivity index (χ2n) is 7.51. The number of nitrogens with zero attached hydrogens (tertiary/aromatic N) is 1. The Bertz CT molecular complexity index is 1110. The molecular formula is C26H26ClN3O3S. The Morgan fingerprint density at radius 2 is 1.68 bits per heavy atom. The van der Waals surface area contributed by atoms with Crippen LogP contribution in [0, 0.1) is 0 Å². The van der Waals surface area contributed by atoms with Gasteiger partial charge in [-0.05, 0) is 73.5 Å². The number of rotatable bonds is 10. The molecule has 8 heteroatoms. The van der Waals surface area contributed by atoms with E-state index in [0.29, 0.717) is 10.8 Å². The lowest BCUT2D eigenvalue weighted by molar-refractivity contribution is -0.123. The SMILES string of the molecule is C[C@H](Sc1ccc(Cl)cc1)C(=O)N/N=C\c1ccc(OCC(=O)N[C@H](C)c2ccccc2)cc1. The van der Waals surface area contributed by atoms with Crippen molar-refractivity contribution in [2.45, 2.75) is 30.0 Å². The van der Waals surface area contributed by atoms with E-state index in [1.807, 2.05) is 56.3 Å². The summed E-state index contributed by atoms with van der Waals surface area (Å²) in [4.78, 5) is 25.4. The molecule has 0 unspecified atom stereocenters. The molecule has 6 nitrogen and oxygen atoms in total. The summed E-state index contributed by atoms with van der Waals surface area (Å²) in [6, 6.07) is 24.0. The van der Waals surface area contributed by atoms with E-state index in [4.69, 9.17) is 16.3 Å². The minimum Gasteiger partial charge on any atom is -0.484 e. The third-order valence-corrected chi connectivity index (χ3v) is 6.18. The van der Waals surface area contributed by atoms with Gasteiger partial charge in [0.05, 0.1) is 17.5 Å². The predicted molar refractivity (Wildman–Crippen MR) is 137 cm³/mol. The van der Waals surface area contributed by atoms with Crippen LogP contribution in [0.5, 0.6) is 5.75 Å². The van der Waals surface area contributed by atoms with Crippen LogP contribution in [0.2, 0.25) is 5.02 Å². The van der Waals surface area contributed by atoms with Gasteiger partial charge in [-0.15, -0.1) is 11.8 Å². The molecule has 176 valence electrons. The van der Waals surface area contributed by atoms with Gasteiger partial charge in [-0.2, -0.15) is 5.10 Å². The number of hydrogen-bond acceptors (Lipinski definition) is 5. The summed E-state index contributed by atoms with van der Waals surface area (Å²) in [7, 11) is 0. The number of thioether (sulfide) groups is 1. The highest BCUT2D eigenvalue weighted by atomic mass is 35.5. The number of carbonyl (C=O) groups excluding carboxylic acids is 2. The Labute approximate surface area is 208 Å². The second-order valence-corrected chi connectivity index (χ2v) is 9.36. The normalized spacial score (nSPS) is 12.7. The summed E-state index contributed by atoms with van der Waals surface area (Å²) in [6.07, 6.45) is 1.55. The van der Waals surface area contributed by atoms with E-state index in [0.717, 1.165) is 16.0 Å². The average Bonchev–Trinajstić information content (AvgIpc) is 2.85. The lowest BCUT2D eigenvalue weighted by Crippen LogP contribution is -2.31. The number of ether oxygens (including phenoxy) is 1. The van der Waals surface area contributed by atoms with Crippen molar-refractivity contribution in [2.75, 3.05) is 6.61 Å². The molecule has 0 aliphatic carbocycles. The zero-order valence-corrected chi connectivity index (χ0v) is 20.5. The van der Waals surface area contributed by atoms with Crippen molar-refractivity contribution in [1.29, 1.82) is 0 Å². The number of nitrogens with one attached hydrogen (secondary N) is 2. The van der Waals surface area contributed by atoms with Crippen LogP contribution in [0.1, 0.15) is 31.0 Å². The quantitative estimate of drug-likeness (QED) is 0.229. The monoisotopic (exact) mass is 495 g/mol. The summed E-state index contributed by atoms with van der Waals surface area (Å²) in [5.74, 6) is 0.166. The molecule has 0 bridgehead atoms. The number of hydrazone groups is 1. The van der Waals surface area contributed by atoms with E-state index in [-0.39, 0.29) is 29.7 Å². The van der Waals surface area contributed by atoms with Crippen molar-refractivity contribution in [3.63, 3.8) is 0 Å². The maximum absolute atomic E-state index is 12.2. The van der Waals surface area contributed by atoms with E-state index in [1.54, 1.807) is 42.6 Å². The van der Waals surface area contributed by atoms with Gasteiger partial charge in [0.1, 0.15) is 5.75 Å². The second kappa shape index (κ2) is 12.8. The van der Waals surface area contributed by atoms with E-state index < -0.39 is 0 Å². The number of carbonyl (C=O) groups is 2. The summed E-state index contributed by atoms with van der Waals surface area (Å²) in [6.45, 7) is 3.66. The van der Waals surface area contributed by atoms with Gasteiger partial charge in [-0.1, -0.05) is 41.9 Å². The predicted octanol–water partition coefficient (Wildman–Crippen LogP) is 5.23. The van der Waals surface area contributed by atoms with Crippen molar-refractivity contribution >= 4 is 41.4 Å². The molecule has 0 spiro atoms. The van der Waals surface area contributed by atoms with Crippen LogP contribution in [-0.4, -0.2) is 29.9 Å². The first-order chi connectivity index (χ1) is 16.4. The Morgan fingerprint density at radius 3 is 2.35 bits per heavy atom. The molecule has 0 aliphatic heterocycles. The molecule has 3 aromatic carbocycles. The average molecular weight is 496 g/mol. The van der Waals surface area contributed by atoms with E-state index in [2.05, 4.69) is 15.8 Å². The number of benzene rings is 3. The van der Waals surface area contributed by atoms with Crippen LogP contribution >= 0.6 is 23.4 Å². The zero-order chi connectivity index (χ0) is 24.3. The lowest BCUT2D eigenvalue weighted by atomic mass is 10.1. The van der Waals surface area contributed by atoms with Crippen molar-refractivity contribution in [2.24, 2.45) is 5.10 Å². The van der Waals surface area contributed by atoms with Gasteiger partial charge < -0.3 is 10.1 Å². The molecule has 34 heavy (non-hydrogen) atoms. The topological polar surface area (TPSA) is 79.8 Å². The first-order valence-corrected chi connectivity index (χ1v) is 12.0. The van der Waals surface area contributed by atoms with Gasteiger partial charge in [0.2, 0.25) is 0 Å². The molecule has 0 aromatic heterocycles. The van der Waals surface area contributed by atoms with Gasteiger partial charge in [0.15, 0.2) is 6.61 Å². The fourth-order valence-corrected chi connectivity index (χ4v) is 3.93. The molecule has 3 aromatic rings. The van der Waals surface area contributed by atoms with E-state index in [9.17, 15) is 9.59 Å². The molecule has 2 amide bonds. The summed E-state index contributed by atoms with van der Waals surface area (Å²) in [5.41, 5.74) is 4.37. The zero-order valence-electron chi connectivity index (χ0n) is 18.9. The van der Waals surface area contributed by atoms with Crippen LogP contribution < -0.4 is 15.5 Å². The molecule has 2 atom stereocenters. The smallest absolute Gasteiger partial charge is 0.258 e. The third-order valence-electron chi connectivity index (χ3n) is 4.81. The standard InChI is InChI=1S/C26H26ClN3O3S/c1-18(21-6-4-3-5-7-21)29-25(31)17-33-23-12-8-20(9-13-23)16-28-30-26(32)19(2)34-24-14-10-22(27)11-15-24/h3-16,18-19H,17H2,1-2H3,(H,29,31)(H,30,32)/b28-16-/t18-,19+/m1/s1. The Balaban J connectivity index is 1.41. The minimum absolute atomic E-state index is 0.0795. The van der Waals surface area contributed by atoms with Crippen LogP contribution in [-0.2, 0) is 9.59 Å². The molecule has 0 fully saturated rings. The largest absolute Gasteiger partial charge is 0.484 e. The minimum atomic E-state index is -0.315. The Kier molecular flexibility index (Phi) is 9.55. The number of amides is 2. The molecule has 0 heterocycles. The fraction of sp³-hybridized carbons (Fsp3) is 0.192. The van der Waals surface area contributed by atoms with Crippen molar-refractivity contribution in [3.8, 4) is 5.75 Å². The first kappa shape index (κ1) is 25.3. The Hall–Kier alpha value is -3.29. The van der Waals surface area contributed by atoms with Gasteiger partial charge in [0, 0.05) is 9.92 Å².